The predicted molar refractivity (Wildman–Crippen MR) is 75.1 cm³/mol. The molecule has 1 aliphatic rings. The molecule has 1 aromatic carbocycles. The molecule has 0 saturated carbocycles. The van der Waals surface area contributed by atoms with Gasteiger partial charge in [-0.15, -0.1) is 0 Å². The van der Waals surface area contributed by atoms with E-state index in [4.69, 9.17) is 0 Å². The summed E-state index contributed by atoms with van der Waals surface area (Å²) in [4.78, 5) is 14.6. The average Bonchev–Trinajstić information content (AvgIpc) is 2.61. The van der Waals surface area contributed by atoms with Crippen LogP contribution in [0.2, 0.25) is 0 Å². The van der Waals surface area contributed by atoms with Crippen molar-refractivity contribution < 1.29 is 4.79 Å². The van der Waals surface area contributed by atoms with E-state index in [2.05, 4.69) is 32.6 Å². The van der Waals surface area contributed by atoms with E-state index < -0.39 is 0 Å². The minimum Gasteiger partial charge on any atom is -0.293 e. The number of benzene rings is 1. The van der Waals surface area contributed by atoms with Gasteiger partial charge in [0.25, 0.3) is 0 Å². The number of hydrogen-bond donors (Lipinski definition) is 0. The molecule has 0 bridgehead atoms. The first-order valence-corrected chi connectivity index (χ1v) is 6.82. The van der Waals surface area contributed by atoms with Crippen LogP contribution in [0.4, 0.5) is 0 Å². The van der Waals surface area contributed by atoms with E-state index in [-0.39, 0.29) is 5.78 Å². The number of rotatable bonds is 3. The lowest BCUT2D eigenvalue weighted by Crippen LogP contribution is -2.32. The first-order chi connectivity index (χ1) is 8.47. The van der Waals surface area contributed by atoms with Gasteiger partial charge in [-0.25, -0.2) is 0 Å². The molecule has 0 radical (unpaired) electrons. The fraction of sp³-hybridized carbons (Fsp3) is 0.562. The standard InChI is InChI=1S/C16H23NO/c1-11-7-14(4)17(9-11)10-16(18)15-6-5-12(2)13(3)8-15/h5-6,8,11,14H,7,9-10H2,1-4H3. The average molecular weight is 245 g/mol. The molecule has 2 nitrogen and oxygen atoms in total. The van der Waals surface area contributed by atoms with Gasteiger partial charge in [-0.05, 0) is 50.3 Å². The highest BCUT2D eigenvalue weighted by molar-refractivity contribution is 5.97. The van der Waals surface area contributed by atoms with Gasteiger partial charge < -0.3 is 0 Å². The highest BCUT2D eigenvalue weighted by atomic mass is 16.1. The van der Waals surface area contributed by atoms with Crippen LogP contribution in [0.25, 0.3) is 0 Å². The van der Waals surface area contributed by atoms with Crippen LogP contribution in [0.1, 0.15) is 41.8 Å². The molecule has 1 fully saturated rings. The highest BCUT2D eigenvalue weighted by Crippen LogP contribution is 2.22. The third-order valence-corrected chi connectivity index (χ3v) is 4.09. The van der Waals surface area contributed by atoms with Crippen LogP contribution in [0, 0.1) is 19.8 Å². The monoisotopic (exact) mass is 245 g/mol. The maximum absolute atomic E-state index is 12.3. The molecule has 2 atom stereocenters. The first-order valence-electron chi connectivity index (χ1n) is 6.82. The second-order valence-corrected chi connectivity index (χ2v) is 5.84. The summed E-state index contributed by atoms with van der Waals surface area (Å²) in [6, 6.07) is 6.55. The van der Waals surface area contributed by atoms with E-state index in [9.17, 15) is 4.79 Å². The van der Waals surface area contributed by atoms with E-state index in [1.54, 1.807) is 0 Å². The Morgan fingerprint density at radius 1 is 1.28 bits per heavy atom. The van der Waals surface area contributed by atoms with Crippen LogP contribution >= 0.6 is 0 Å². The minimum absolute atomic E-state index is 0.249. The molecule has 1 aromatic rings. The number of carbonyl (C=O) groups is 1. The number of carbonyl (C=O) groups excluding carboxylic acids is 1. The second-order valence-electron chi connectivity index (χ2n) is 5.84. The number of aryl methyl sites for hydroxylation is 2. The van der Waals surface area contributed by atoms with Gasteiger partial charge in [-0.3, -0.25) is 9.69 Å². The molecule has 1 saturated heterocycles. The molecule has 98 valence electrons. The van der Waals surface area contributed by atoms with Gasteiger partial charge in [-0.1, -0.05) is 19.1 Å². The summed E-state index contributed by atoms with van der Waals surface area (Å²) < 4.78 is 0. The van der Waals surface area contributed by atoms with Gasteiger partial charge in [0.1, 0.15) is 0 Å². The number of nitrogens with zero attached hydrogens (tertiary/aromatic N) is 1. The first kappa shape index (κ1) is 13.3. The molecule has 1 aliphatic heterocycles. The zero-order chi connectivity index (χ0) is 13.3. The summed E-state index contributed by atoms with van der Waals surface area (Å²) in [6.45, 7) is 10.2. The van der Waals surface area contributed by atoms with Crippen LogP contribution in [0.15, 0.2) is 18.2 Å². The van der Waals surface area contributed by atoms with Gasteiger partial charge in [0.05, 0.1) is 6.54 Å². The van der Waals surface area contributed by atoms with Crippen molar-refractivity contribution in [3.8, 4) is 0 Å². The van der Waals surface area contributed by atoms with E-state index >= 15 is 0 Å². The summed E-state index contributed by atoms with van der Waals surface area (Å²) >= 11 is 0. The van der Waals surface area contributed by atoms with Crippen molar-refractivity contribution in [2.24, 2.45) is 5.92 Å². The lowest BCUT2D eigenvalue weighted by atomic mass is 10.0. The van der Waals surface area contributed by atoms with E-state index in [0.717, 1.165) is 12.1 Å². The molecule has 0 N–H and O–H groups in total. The molecule has 0 spiro atoms. The maximum Gasteiger partial charge on any atom is 0.176 e. The molecule has 0 aliphatic carbocycles. The molecule has 18 heavy (non-hydrogen) atoms. The lowest BCUT2D eigenvalue weighted by Gasteiger charge is -2.20. The van der Waals surface area contributed by atoms with Crippen LogP contribution in [-0.2, 0) is 0 Å². The van der Waals surface area contributed by atoms with Crippen molar-refractivity contribution in [1.29, 1.82) is 0 Å². The number of ketones is 1. The summed E-state index contributed by atoms with van der Waals surface area (Å²) in [7, 11) is 0. The zero-order valence-electron chi connectivity index (χ0n) is 11.9. The van der Waals surface area contributed by atoms with Gasteiger partial charge in [0.15, 0.2) is 5.78 Å². The second kappa shape index (κ2) is 5.23. The van der Waals surface area contributed by atoms with E-state index in [1.807, 2.05) is 18.2 Å². The summed E-state index contributed by atoms with van der Waals surface area (Å²) in [6.07, 6.45) is 1.21. The normalized spacial score (nSPS) is 24.4. The highest BCUT2D eigenvalue weighted by Gasteiger charge is 2.27. The Balaban J connectivity index is 2.05. The maximum atomic E-state index is 12.3. The summed E-state index contributed by atoms with van der Waals surface area (Å²) in [5, 5.41) is 0. The van der Waals surface area contributed by atoms with Gasteiger partial charge in [0, 0.05) is 18.2 Å². The fourth-order valence-corrected chi connectivity index (χ4v) is 2.80. The van der Waals surface area contributed by atoms with E-state index in [0.29, 0.717) is 18.5 Å². The molecule has 1 heterocycles. The summed E-state index contributed by atoms with van der Waals surface area (Å²) in [5.41, 5.74) is 3.29. The quantitative estimate of drug-likeness (QED) is 0.762. The SMILES string of the molecule is Cc1ccc(C(=O)CN2CC(C)CC2C)cc1C. The van der Waals surface area contributed by atoms with Crippen LogP contribution in [-0.4, -0.2) is 29.8 Å². The molecule has 0 aromatic heterocycles. The van der Waals surface area contributed by atoms with Crippen molar-refractivity contribution in [3.63, 3.8) is 0 Å². The zero-order valence-corrected chi connectivity index (χ0v) is 11.9. The van der Waals surface area contributed by atoms with Gasteiger partial charge in [-0.2, -0.15) is 0 Å². The van der Waals surface area contributed by atoms with Crippen molar-refractivity contribution in [1.82, 2.24) is 4.90 Å². The predicted octanol–water partition coefficient (Wildman–Crippen LogP) is 3.22. The summed E-state index contributed by atoms with van der Waals surface area (Å²) in [5.74, 6) is 0.964. The van der Waals surface area contributed by atoms with Crippen molar-refractivity contribution >= 4 is 5.78 Å². The van der Waals surface area contributed by atoms with Crippen molar-refractivity contribution in [2.45, 2.75) is 40.2 Å². The van der Waals surface area contributed by atoms with Crippen LogP contribution in [0.5, 0.6) is 0 Å². The third-order valence-electron chi connectivity index (χ3n) is 4.09. The molecule has 2 unspecified atom stereocenters. The molecular formula is C16H23NO. The number of Topliss-reactive ketones (excluding diaryl/α,β-unsaturated/α-hetero) is 1. The number of hydrogen-bond acceptors (Lipinski definition) is 2. The Labute approximate surface area is 110 Å². The Morgan fingerprint density at radius 3 is 2.56 bits per heavy atom. The van der Waals surface area contributed by atoms with Gasteiger partial charge >= 0.3 is 0 Å². The molecule has 2 rings (SSSR count). The molecule has 0 amide bonds. The Morgan fingerprint density at radius 2 is 2.00 bits per heavy atom. The molecule has 2 heteroatoms. The largest absolute Gasteiger partial charge is 0.293 e. The minimum atomic E-state index is 0.249. The van der Waals surface area contributed by atoms with Crippen molar-refractivity contribution in [2.75, 3.05) is 13.1 Å². The topological polar surface area (TPSA) is 20.3 Å². The Bertz CT molecular complexity index is 452. The van der Waals surface area contributed by atoms with Gasteiger partial charge in [0.2, 0.25) is 0 Å². The van der Waals surface area contributed by atoms with Crippen molar-refractivity contribution in [3.05, 3.63) is 34.9 Å². The molecular weight excluding hydrogens is 222 g/mol. The Kier molecular flexibility index (Phi) is 3.86. The third kappa shape index (κ3) is 2.81. The fourth-order valence-electron chi connectivity index (χ4n) is 2.80. The number of likely N-dealkylation sites (tertiary alicyclic amines) is 1. The van der Waals surface area contributed by atoms with Crippen LogP contribution in [0.3, 0.4) is 0 Å². The van der Waals surface area contributed by atoms with E-state index in [1.165, 1.54) is 17.5 Å². The lowest BCUT2D eigenvalue weighted by molar-refractivity contribution is 0.0925. The van der Waals surface area contributed by atoms with Crippen LogP contribution < -0.4 is 0 Å². The Hall–Kier alpha value is -1.15. The smallest absolute Gasteiger partial charge is 0.176 e.